The van der Waals surface area contributed by atoms with Gasteiger partial charge in [-0.2, -0.15) is 0 Å². The maximum absolute atomic E-state index is 13.6. The van der Waals surface area contributed by atoms with E-state index in [4.69, 9.17) is 5.41 Å². The Kier molecular flexibility index (Phi) is 3.71. The minimum atomic E-state index is -1.01. The van der Waals surface area contributed by atoms with Gasteiger partial charge in [-0.1, -0.05) is 60.7 Å². The molecule has 1 heterocycles. The lowest BCUT2D eigenvalue weighted by molar-refractivity contribution is -0.134. The molecular weight excluding hydrogens is 298 g/mol. The Bertz CT molecular complexity index is 723. The summed E-state index contributed by atoms with van der Waals surface area (Å²) < 4.78 is 0. The molecule has 1 fully saturated rings. The summed E-state index contributed by atoms with van der Waals surface area (Å²) in [6.45, 7) is 5.87. The van der Waals surface area contributed by atoms with E-state index in [2.05, 4.69) is 0 Å². The zero-order valence-corrected chi connectivity index (χ0v) is 14.6. The molecular formula is C20H23N3O. The number of rotatable bonds is 2. The smallest absolute Gasteiger partial charge is 0.265 e. The van der Waals surface area contributed by atoms with Crippen molar-refractivity contribution >= 4 is 11.9 Å². The molecule has 0 aliphatic carbocycles. The molecule has 3 rings (SSSR count). The van der Waals surface area contributed by atoms with Crippen molar-refractivity contribution < 1.29 is 4.79 Å². The van der Waals surface area contributed by atoms with Crippen LogP contribution in [0.4, 0.5) is 0 Å². The summed E-state index contributed by atoms with van der Waals surface area (Å²) >= 11 is 0. The van der Waals surface area contributed by atoms with E-state index in [-0.39, 0.29) is 11.9 Å². The maximum Gasteiger partial charge on any atom is 0.265 e. The molecule has 1 saturated heterocycles. The number of amides is 1. The van der Waals surface area contributed by atoms with Crippen LogP contribution in [0, 0.1) is 5.41 Å². The zero-order chi connectivity index (χ0) is 17.5. The second-order valence-electron chi connectivity index (χ2n) is 7.14. The fourth-order valence-corrected chi connectivity index (χ4v) is 3.49. The third-order valence-electron chi connectivity index (χ3n) is 4.60. The van der Waals surface area contributed by atoms with Crippen molar-refractivity contribution in [2.24, 2.45) is 0 Å². The average Bonchev–Trinajstić information content (AvgIpc) is 2.76. The quantitative estimate of drug-likeness (QED) is 0.921. The Balaban J connectivity index is 2.31. The average molecular weight is 321 g/mol. The highest BCUT2D eigenvalue weighted by atomic mass is 16.2. The highest BCUT2D eigenvalue weighted by Gasteiger charge is 2.58. The maximum atomic E-state index is 13.6. The number of carbonyl (C=O) groups excluding carboxylic acids is 1. The molecule has 0 unspecified atom stereocenters. The van der Waals surface area contributed by atoms with Gasteiger partial charge in [0.25, 0.3) is 5.91 Å². The monoisotopic (exact) mass is 321 g/mol. The van der Waals surface area contributed by atoms with Crippen molar-refractivity contribution in [2.75, 3.05) is 7.05 Å². The second-order valence-corrected chi connectivity index (χ2v) is 7.14. The van der Waals surface area contributed by atoms with Gasteiger partial charge in [0, 0.05) is 12.6 Å². The molecule has 0 saturated carbocycles. The largest absolute Gasteiger partial charge is 0.323 e. The first-order chi connectivity index (χ1) is 11.3. The van der Waals surface area contributed by atoms with Crippen molar-refractivity contribution in [3.8, 4) is 0 Å². The van der Waals surface area contributed by atoms with E-state index < -0.39 is 11.1 Å². The molecule has 1 aliphatic heterocycles. The molecule has 2 aromatic carbocycles. The van der Waals surface area contributed by atoms with Crippen LogP contribution >= 0.6 is 0 Å². The molecule has 0 spiro atoms. The number of hydrogen-bond donors (Lipinski definition) is 1. The van der Waals surface area contributed by atoms with Crippen LogP contribution in [0.5, 0.6) is 0 Å². The number of benzene rings is 2. The predicted octanol–water partition coefficient (Wildman–Crippen LogP) is 3.44. The summed E-state index contributed by atoms with van der Waals surface area (Å²) in [6.07, 6.45) is 0. The fourth-order valence-electron chi connectivity index (χ4n) is 3.49. The lowest BCUT2D eigenvalue weighted by atomic mass is 9.81. The predicted molar refractivity (Wildman–Crippen MR) is 95.8 cm³/mol. The van der Waals surface area contributed by atoms with Crippen LogP contribution in [-0.4, -0.2) is 34.3 Å². The van der Waals surface area contributed by atoms with Gasteiger partial charge >= 0.3 is 0 Å². The first kappa shape index (κ1) is 16.2. The highest BCUT2D eigenvalue weighted by molar-refractivity contribution is 6.10. The summed E-state index contributed by atoms with van der Waals surface area (Å²) in [6, 6.07) is 19.5. The van der Waals surface area contributed by atoms with Crippen molar-refractivity contribution in [1.82, 2.24) is 9.80 Å². The van der Waals surface area contributed by atoms with E-state index in [1.807, 2.05) is 88.5 Å². The summed E-state index contributed by atoms with van der Waals surface area (Å²) in [5.74, 6) is 0.139. The van der Waals surface area contributed by atoms with Gasteiger partial charge in [-0.15, -0.1) is 0 Å². The number of nitrogens with one attached hydrogen (secondary N) is 1. The number of guanidine groups is 1. The Hall–Kier alpha value is -2.62. The Labute approximate surface area is 143 Å². The summed E-state index contributed by atoms with van der Waals surface area (Å²) in [5.41, 5.74) is 0.279. The minimum Gasteiger partial charge on any atom is -0.323 e. The Morgan fingerprint density at radius 2 is 1.29 bits per heavy atom. The molecule has 1 N–H and O–H groups in total. The standard InChI is InChI=1S/C20H23N3O/c1-19(2,3)23-17(24)20(22(4)18(23)21,15-11-7-5-8-12-15)16-13-9-6-10-14-16/h5-14,21H,1-4H3. The van der Waals surface area contributed by atoms with Crippen LogP contribution in [-0.2, 0) is 10.3 Å². The first-order valence-corrected chi connectivity index (χ1v) is 8.09. The van der Waals surface area contributed by atoms with Gasteiger partial charge in [-0.25, -0.2) is 0 Å². The van der Waals surface area contributed by atoms with Gasteiger partial charge < -0.3 is 4.90 Å². The fraction of sp³-hybridized carbons (Fsp3) is 0.300. The third-order valence-corrected chi connectivity index (χ3v) is 4.60. The Morgan fingerprint density at radius 1 is 0.875 bits per heavy atom. The van der Waals surface area contributed by atoms with Crippen molar-refractivity contribution in [3.63, 3.8) is 0 Å². The number of nitrogens with zero attached hydrogens (tertiary/aromatic N) is 2. The number of hydrogen-bond acceptors (Lipinski definition) is 2. The second kappa shape index (κ2) is 5.48. The number of carbonyl (C=O) groups is 1. The van der Waals surface area contributed by atoms with Crippen LogP contribution in [0.2, 0.25) is 0 Å². The molecule has 24 heavy (non-hydrogen) atoms. The van der Waals surface area contributed by atoms with Gasteiger partial charge in [0.15, 0.2) is 5.54 Å². The molecule has 1 aliphatic rings. The summed E-state index contributed by atoms with van der Waals surface area (Å²) in [4.78, 5) is 17.0. The molecule has 124 valence electrons. The van der Waals surface area contributed by atoms with Crippen LogP contribution in [0.25, 0.3) is 0 Å². The lowest BCUT2D eigenvalue weighted by Gasteiger charge is -2.35. The third kappa shape index (κ3) is 2.13. The first-order valence-electron chi connectivity index (χ1n) is 8.09. The van der Waals surface area contributed by atoms with Crippen LogP contribution in [0.3, 0.4) is 0 Å². The SMILES string of the molecule is CN1C(=N)N(C(C)(C)C)C(=O)C1(c1ccccc1)c1ccccc1. The van der Waals surface area contributed by atoms with E-state index in [0.29, 0.717) is 0 Å². The minimum absolute atomic E-state index is 0.0834. The van der Waals surface area contributed by atoms with Gasteiger partial charge in [0.05, 0.1) is 0 Å². The van der Waals surface area contributed by atoms with E-state index in [9.17, 15) is 4.79 Å². The van der Waals surface area contributed by atoms with E-state index in [0.717, 1.165) is 11.1 Å². The summed E-state index contributed by atoms with van der Waals surface area (Å²) in [7, 11) is 1.83. The highest BCUT2D eigenvalue weighted by Crippen LogP contribution is 2.43. The lowest BCUT2D eigenvalue weighted by Crippen LogP contribution is -2.49. The molecule has 0 atom stereocenters. The zero-order valence-electron chi connectivity index (χ0n) is 14.6. The summed E-state index contributed by atoms with van der Waals surface area (Å²) in [5, 5.41) is 8.58. The van der Waals surface area contributed by atoms with Gasteiger partial charge in [-0.05, 0) is 31.9 Å². The van der Waals surface area contributed by atoms with Gasteiger partial charge in [0.1, 0.15) is 0 Å². The molecule has 4 nitrogen and oxygen atoms in total. The molecule has 0 bridgehead atoms. The van der Waals surface area contributed by atoms with E-state index in [1.54, 1.807) is 9.80 Å². The van der Waals surface area contributed by atoms with Crippen LogP contribution in [0.1, 0.15) is 31.9 Å². The van der Waals surface area contributed by atoms with E-state index >= 15 is 0 Å². The van der Waals surface area contributed by atoms with Crippen LogP contribution in [0.15, 0.2) is 60.7 Å². The van der Waals surface area contributed by atoms with Crippen molar-refractivity contribution in [1.29, 1.82) is 5.41 Å². The Morgan fingerprint density at radius 3 is 1.62 bits per heavy atom. The normalized spacial score (nSPS) is 17.5. The molecule has 1 amide bonds. The topological polar surface area (TPSA) is 47.4 Å². The van der Waals surface area contributed by atoms with E-state index in [1.165, 1.54) is 0 Å². The van der Waals surface area contributed by atoms with Gasteiger partial charge in [-0.3, -0.25) is 15.1 Å². The molecule has 2 aromatic rings. The molecule has 4 heteroatoms. The molecule has 0 aromatic heterocycles. The molecule has 0 radical (unpaired) electrons. The number of likely N-dealkylation sites (N-methyl/N-ethyl adjacent to an activating group) is 1. The van der Waals surface area contributed by atoms with Gasteiger partial charge in [0.2, 0.25) is 5.96 Å². The van der Waals surface area contributed by atoms with Crippen molar-refractivity contribution in [3.05, 3.63) is 71.8 Å². The van der Waals surface area contributed by atoms with Crippen molar-refractivity contribution in [2.45, 2.75) is 31.8 Å². The van der Waals surface area contributed by atoms with Crippen LogP contribution < -0.4 is 0 Å².